The van der Waals surface area contributed by atoms with Gasteiger partial charge < -0.3 is 5.73 Å². The summed E-state index contributed by atoms with van der Waals surface area (Å²) in [6, 6.07) is 17.8. The number of hydrogen-bond donors (Lipinski definition) is 1. The highest BCUT2D eigenvalue weighted by Gasteiger charge is 2.16. The largest absolute Gasteiger partial charge is 0.330 e. The molecule has 0 aliphatic heterocycles. The molecule has 0 bridgehead atoms. The Balaban J connectivity index is 2.34. The highest BCUT2D eigenvalue weighted by Crippen LogP contribution is 2.30. The predicted molar refractivity (Wildman–Crippen MR) is 91.8 cm³/mol. The van der Waals surface area contributed by atoms with Gasteiger partial charge in [0.2, 0.25) is 0 Å². The summed E-state index contributed by atoms with van der Waals surface area (Å²) in [7, 11) is 0. The summed E-state index contributed by atoms with van der Waals surface area (Å²) in [4.78, 5) is 0. The number of hydrogen-bond acceptors (Lipinski definition) is 1. The van der Waals surface area contributed by atoms with E-state index in [0.29, 0.717) is 12.5 Å². The van der Waals surface area contributed by atoms with Crippen molar-refractivity contribution in [3.05, 3.63) is 70.8 Å². The van der Waals surface area contributed by atoms with Crippen LogP contribution in [-0.4, -0.2) is 6.54 Å². The minimum absolute atomic E-state index is 0.200. The molecule has 0 heterocycles. The summed E-state index contributed by atoms with van der Waals surface area (Å²) in [6.45, 7) is 9.60. The Hall–Kier alpha value is -1.60. The Bertz CT molecular complexity index is 576. The second-order valence-electron chi connectivity index (χ2n) is 6.92. The zero-order valence-corrected chi connectivity index (χ0v) is 13.7. The molecule has 0 aliphatic rings. The van der Waals surface area contributed by atoms with E-state index in [4.69, 9.17) is 5.73 Å². The van der Waals surface area contributed by atoms with Gasteiger partial charge in [-0.25, -0.2) is 0 Å². The van der Waals surface area contributed by atoms with Gasteiger partial charge in [-0.3, -0.25) is 0 Å². The Morgan fingerprint density at radius 2 is 1.62 bits per heavy atom. The molecule has 0 saturated heterocycles. The van der Waals surface area contributed by atoms with Gasteiger partial charge in [-0.15, -0.1) is 0 Å². The minimum atomic E-state index is 0.200. The first-order chi connectivity index (χ1) is 9.91. The molecule has 0 radical (unpaired) electrons. The number of benzene rings is 2. The van der Waals surface area contributed by atoms with Crippen LogP contribution in [0.5, 0.6) is 0 Å². The molecule has 1 atom stereocenters. The molecular formula is C20H27N. The van der Waals surface area contributed by atoms with Crippen LogP contribution in [0.3, 0.4) is 0 Å². The van der Waals surface area contributed by atoms with Crippen LogP contribution in [0.2, 0.25) is 0 Å². The van der Waals surface area contributed by atoms with E-state index in [9.17, 15) is 0 Å². The normalized spacial score (nSPS) is 13.2. The van der Waals surface area contributed by atoms with Crippen LogP contribution >= 0.6 is 0 Å². The second-order valence-corrected chi connectivity index (χ2v) is 6.92. The van der Waals surface area contributed by atoms with Crippen LogP contribution in [0.1, 0.15) is 55.4 Å². The van der Waals surface area contributed by atoms with E-state index in [0.717, 1.165) is 6.42 Å². The molecule has 2 aromatic carbocycles. The highest BCUT2D eigenvalue weighted by molar-refractivity contribution is 5.37. The molecule has 0 aromatic heterocycles. The van der Waals surface area contributed by atoms with Gasteiger partial charge in [-0.2, -0.15) is 0 Å². The zero-order chi connectivity index (χ0) is 15.5. The fourth-order valence-corrected chi connectivity index (χ4v) is 2.79. The molecule has 0 aliphatic carbocycles. The summed E-state index contributed by atoms with van der Waals surface area (Å²) in [6.07, 6.45) is 0.984. The Morgan fingerprint density at radius 1 is 0.952 bits per heavy atom. The monoisotopic (exact) mass is 281 g/mol. The van der Waals surface area contributed by atoms with E-state index in [1.807, 2.05) is 0 Å². The second kappa shape index (κ2) is 6.44. The molecule has 1 nitrogen and oxygen atoms in total. The Labute approximate surface area is 129 Å². The van der Waals surface area contributed by atoms with E-state index < -0.39 is 0 Å². The van der Waals surface area contributed by atoms with E-state index in [1.54, 1.807) is 0 Å². The van der Waals surface area contributed by atoms with Gasteiger partial charge in [0.05, 0.1) is 0 Å². The summed E-state index contributed by atoms with van der Waals surface area (Å²) in [5.74, 6) is 0.393. The van der Waals surface area contributed by atoms with Gasteiger partial charge in [-0.1, -0.05) is 74.9 Å². The molecule has 1 unspecified atom stereocenters. The average Bonchev–Trinajstić information content (AvgIpc) is 2.44. The van der Waals surface area contributed by atoms with Crippen molar-refractivity contribution in [1.29, 1.82) is 0 Å². The smallest absolute Gasteiger partial charge is 0.0101 e. The maximum atomic E-state index is 5.84. The van der Waals surface area contributed by atoms with Crippen molar-refractivity contribution in [1.82, 2.24) is 0 Å². The number of rotatable bonds is 4. The van der Waals surface area contributed by atoms with Crippen molar-refractivity contribution in [3.8, 4) is 0 Å². The molecule has 0 amide bonds. The van der Waals surface area contributed by atoms with Gasteiger partial charge in [0.25, 0.3) is 0 Å². The van der Waals surface area contributed by atoms with Gasteiger partial charge in [0.15, 0.2) is 0 Å². The molecule has 2 rings (SSSR count). The third-order valence-corrected chi connectivity index (χ3v) is 4.08. The summed E-state index contributed by atoms with van der Waals surface area (Å²) in [5, 5.41) is 0. The van der Waals surface area contributed by atoms with Crippen molar-refractivity contribution in [2.24, 2.45) is 5.73 Å². The first-order valence-electron chi connectivity index (χ1n) is 7.79. The van der Waals surface area contributed by atoms with E-state index >= 15 is 0 Å². The predicted octanol–water partition coefficient (Wildman–Crippen LogP) is 4.77. The molecule has 0 spiro atoms. The van der Waals surface area contributed by atoms with E-state index in [-0.39, 0.29) is 5.41 Å². The lowest BCUT2D eigenvalue weighted by atomic mass is 9.83. The van der Waals surface area contributed by atoms with Gasteiger partial charge in [0.1, 0.15) is 0 Å². The fraction of sp³-hybridized carbons (Fsp3) is 0.400. The lowest BCUT2D eigenvalue weighted by Gasteiger charge is -2.22. The summed E-state index contributed by atoms with van der Waals surface area (Å²) < 4.78 is 0. The lowest BCUT2D eigenvalue weighted by Crippen LogP contribution is -2.12. The maximum absolute atomic E-state index is 5.84. The molecule has 112 valence electrons. The van der Waals surface area contributed by atoms with Crippen LogP contribution in [0.4, 0.5) is 0 Å². The van der Waals surface area contributed by atoms with Crippen LogP contribution in [-0.2, 0) is 5.41 Å². The molecule has 2 aromatic rings. The number of nitrogens with two attached hydrogens (primary N) is 1. The van der Waals surface area contributed by atoms with Crippen molar-refractivity contribution in [2.45, 2.75) is 45.4 Å². The van der Waals surface area contributed by atoms with E-state index in [2.05, 4.69) is 76.2 Å². The molecule has 1 heteroatoms. The van der Waals surface area contributed by atoms with Gasteiger partial charge in [-0.05, 0) is 42.0 Å². The van der Waals surface area contributed by atoms with Crippen LogP contribution in [0.15, 0.2) is 48.5 Å². The first kappa shape index (κ1) is 15.8. The van der Waals surface area contributed by atoms with Crippen LogP contribution in [0, 0.1) is 6.92 Å². The Kier molecular flexibility index (Phi) is 4.84. The molecule has 0 fully saturated rings. The third kappa shape index (κ3) is 3.95. The third-order valence-electron chi connectivity index (χ3n) is 4.08. The van der Waals surface area contributed by atoms with Crippen LogP contribution < -0.4 is 5.73 Å². The zero-order valence-electron chi connectivity index (χ0n) is 13.7. The van der Waals surface area contributed by atoms with Crippen LogP contribution in [0.25, 0.3) is 0 Å². The Morgan fingerprint density at radius 3 is 2.14 bits per heavy atom. The van der Waals surface area contributed by atoms with Gasteiger partial charge in [0, 0.05) is 5.92 Å². The van der Waals surface area contributed by atoms with E-state index in [1.165, 1.54) is 22.3 Å². The summed E-state index contributed by atoms with van der Waals surface area (Å²) in [5.41, 5.74) is 11.4. The summed E-state index contributed by atoms with van der Waals surface area (Å²) >= 11 is 0. The first-order valence-corrected chi connectivity index (χ1v) is 7.79. The average molecular weight is 281 g/mol. The fourth-order valence-electron chi connectivity index (χ4n) is 2.79. The lowest BCUT2D eigenvalue weighted by molar-refractivity contribution is 0.589. The van der Waals surface area contributed by atoms with Gasteiger partial charge >= 0.3 is 0 Å². The topological polar surface area (TPSA) is 26.0 Å². The highest BCUT2D eigenvalue weighted by atomic mass is 14.5. The SMILES string of the molecule is Cc1cccc(C(CCN)c2ccc(C(C)(C)C)cc2)c1. The molecular weight excluding hydrogens is 254 g/mol. The minimum Gasteiger partial charge on any atom is -0.330 e. The van der Waals surface area contributed by atoms with Crippen molar-refractivity contribution < 1.29 is 0 Å². The quantitative estimate of drug-likeness (QED) is 0.858. The molecule has 2 N–H and O–H groups in total. The van der Waals surface area contributed by atoms with Crippen molar-refractivity contribution in [3.63, 3.8) is 0 Å². The molecule has 0 saturated carbocycles. The number of aryl methyl sites for hydroxylation is 1. The maximum Gasteiger partial charge on any atom is 0.0101 e. The van der Waals surface area contributed by atoms with Crippen molar-refractivity contribution >= 4 is 0 Å². The standard InChI is InChI=1S/C20H27N/c1-15-6-5-7-17(14-15)19(12-13-21)16-8-10-18(11-9-16)20(2,3)4/h5-11,14,19H,12-13,21H2,1-4H3. The van der Waals surface area contributed by atoms with Crippen molar-refractivity contribution in [2.75, 3.05) is 6.54 Å². The molecule has 21 heavy (non-hydrogen) atoms.